The second-order valence-corrected chi connectivity index (χ2v) is 10.8. The van der Waals surface area contributed by atoms with Crippen LogP contribution in [0, 0.1) is 5.82 Å². The lowest BCUT2D eigenvalue weighted by molar-refractivity contribution is 0.102. The minimum absolute atomic E-state index is 0.0221. The smallest absolute Gasteiger partial charge is 0.269 e. The molecule has 2 N–H and O–H groups in total. The Morgan fingerprint density at radius 2 is 1.84 bits per heavy atom. The van der Waals surface area contributed by atoms with E-state index in [2.05, 4.69) is 20.2 Å². The molecule has 7 nitrogen and oxygen atoms in total. The number of anilines is 1. The molecular weight excluding hydrogens is 506 g/mol. The van der Waals surface area contributed by atoms with Crippen LogP contribution in [0.5, 0.6) is 0 Å². The molecule has 0 aliphatic heterocycles. The topological polar surface area (TPSA) is 101 Å². The van der Waals surface area contributed by atoms with E-state index in [1.165, 1.54) is 30.0 Å². The van der Waals surface area contributed by atoms with Crippen LogP contribution in [-0.2, 0) is 15.8 Å². The van der Waals surface area contributed by atoms with Gasteiger partial charge in [0.15, 0.2) is 0 Å². The van der Waals surface area contributed by atoms with E-state index in [1.807, 2.05) is 0 Å². The van der Waals surface area contributed by atoms with Crippen LogP contribution in [0.2, 0.25) is 10.0 Å². The first kappa shape index (κ1) is 23.9. The number of hydrogen-bond acceptors (Lipinski definition) is 7. The van der Waals surface area contributed by atoms with Crippen molar-refractivity contribution in [1.82, 2.24) is 14.9 Å². The molecule has 0 aliphatic carbocycles. The van der Waals surface area contributed by atoms with Crippen LogP contribution in [0.25, 0.3) is 0 Å². The second kappa shape index (κ2) is 10.7. The first-order chi connectivity index (χ1) is 14.8. The van der Waals surface area contributed by atoms with Gasteiger partial charge in [-0.05, 0) is 24.3 Å². The lowest BCUT2D eigenvalue weighted by Gasteiger charge is -2.06. The van der Waals surface area contributed by atoms with Gasteiger partial charge < -0.3 is 0 Å². The Morgan fingerprint density at radius 3 is 2.58 bits per heavy atom. The number of hydrogen-bond donors (Lipinski definition) is 2. The summed E-state index contributed by atoms with van der Waals surface area (Å²) in [4.78, 5) is 12.2. The van der Waals surface area contributed by atoms with Crippen molar-refractivity contribution in [1.29, 1.82) is 0 Å². The van der Waals surface area contributed by atoms with Gasteiger partial charge in [0.05, 0.1) is 10.6 Å². The van der Waals surface area contributed by atoms with Crippen LogP contribution in [0.1, 0.15) is 15.9 Å². The molecule has 2 aromatic carbocycles. The van der Waals surface area contributed by atoms with E-state index in [9.17, 15) is 17.6 Å². The number of sulfonamides is 1. The summed E-state index contributed by atoms with van der Waals surface area (Å²) in [5.74, 6) is -0.231. The Hall–Kier alpha value is -1.76. The average Bonchev–Trinajstić information content (AvgIpc) is 3.19. The zero-order valence-electron chi connectivity index (χ0n) is 15.6. The van der Waals surface area contributed by atoms with Crippen LogP contribution in [0.15, 0.2) is 46.8 Å². The molecule has 1 amide bonds. The molecule has 164 valence electrons. The number of nitrogens with zero attached hydrogens (tertiary/aromatic N) is 2. The van der Waals surface area contributed by atoms with Gasteiger partial charge in [-0.2, -0.15) is 11.8 Å². The molecule has 0 saturated carbocycles. The summed E-state index contributed by atoms with van der Waals surface area (Å²) >= 11 is 14.0. The van der Waals surface area contributed by atoms with Crippen molar-refractivity contribution in [2.45, 2.75) is 10.1 Å². The number of carbonyl (C=O) groups excluding carboxylic acids is 1. The van der Waals surface area contributed by atoms with Crippen LogP contribution >= 0.6 is 46.3 Å². The summed E-state index contributed by atoms with van der Waals surface area (Å²) in [5.41, 5.74) is 0.605. The fourth-order valence-electron chi connectivity index (χ4n) is 2.33. The van der Waals surface area contributed by atoms with E-state index in [-0.39, 0.29) is 26.6 Å². The molecule has 3 rings (SSSR count). The monoisotopic (exact) mass is 520 g/mol. The second-order valence-electron chi connectivity index (χ2n) is 5.96. The molecule has 3 aromatic rings. The maximum absolute atomic E-state index is 13.7. The Morgan fingerprint density at radius 1 is 1.10 bits per heavy atom. The number of rotatable bonds is 9. The minimum atomic E-state index is -3.91. The van der Waals surface area contributed by atoms with Crippen LogP contribution < -0.4 is 10.0 Å². The summed E-state index contributed by atoms with van der Waals surface area (Å²) < 4.78 is 40.6. The number of carbonyl (C=O) groups is 1. The number of thioether (sulfide) groups is 1. The van der Waals surface area contributed by atoms with E-state index >= 15 is 0 Å². The maximum atomic E-state index is 13.7. The maximum Gasteiger partial charge on any atom is 0.269 e. The van der Waals surface area contributed by atoms with Crippen LogP contribution in [-0.4, -0.2) is 36.8 Å². The molecule has 0 bridgehead atoms. The largest absolute Gasteiger partial charge is 0.296 e. The standard InChI is InChI=1S/C18H15Cl2FN4O3S3/c19-13-5-2-1-4-11(13)16(26)23-17-24-25-18(30-17)31(27,28)22-8-9-29-10-12-14(20)6-3-7-15(12)21/h1-7,22H,8-10H2,(H,23,24,26). The summed E-state index contributed by atoms with van der Waals surface area (Å²) in [6, 6.07) is 10.9. The van der Waals surface area contributed by atoms with Gasteiger partial charge in [0.25, 0.3) is 15.9 Å². The molecule has 0 atom stereocenters. The van der Waals surface area contributed by atoms with Gasteiger partial charge >= 0.3 is 0 Å². The average molecular weight is 521 g/mol. The highest BCUT2D eigenvalue weighted by atomic mass is 35.5. The van der Waals surface area contributed by atoms with Crippen LogP contribution in [0.4, 0.5) is 9.52 Å². The van der Waals surface area contributed by atoms with Crippen molar-refractivity contribution in [2.75, 3.05) is 17.6 Å². The van der Waals surface area contributed by atoms with Crippen molar-refractivity contribution < 1.29 is 17.6 Å². The summed E-state index contributed by atoms with van der Waals surface area (Å²) in [7, 11) is -3.91. The predicted octanol–water partition coefficient (Wildman–Crippen LogP) is 4.45. The van der Waals surface area contributed by atoms with Gasteiger partial charge in [0, 0.05) is 28.6 Å². The quantitative estimate of drug-likeness (QED) is 0.319. The SMILES string of the molecule is O=C(Nc1nnc(S(=O)(=O)NCCSCc2c(F)cccc2Cl)s1)c1ccccc1Cl. The van der Waals surface area contributed by atoms with E-state index in [0.29, 0.717) is 33.4 Å². The highest BCUT2D eigenvalue weighted by molar-refractivity contribution is 7.98. The Kier molecular flexibility index (Phi) is 8.25. The van der Waals surface area contributed by atoms with Crippen molar-refractivity contribution in [2.24, 2.45) is 0 Å². The van der Waals surface area contributed by atoms with Gasteiger partial charge in [-0.3, -0.25) is 10.1 Å². The third-order valence-electron chi connectivity index (χ3n) is 3.82. The molecule has 0 saturated heterocycles. The van der Waals surface area contributed by atoms with E-state index in [1.54, 1.807) is 24.3 Å². The van der Waals surface area contributed by atoms with Gasteiger partial charge in [-0.15, -0.1) is 10.2 Å². The predicted molar refractivity (Wildman–Crippen MR) is 122 cm³/mol. The lowest BCUT2D eigenvalue weighted by atomic mass is 10.2. The molecule has 31 heavy (non-hydrogen) atoms. The van der Waals surface area contributed by atoms with Crippen molar-refractivity contribution in [3.63, 3.8) is 0 Å². The highest BCUT2D eigenvalue weighted by Gasteiger charge is 2.21. The van der Waals surface area contributed by atoms with Crippen molar-refractivity contribution in [3.05, 3.63) is 69.5 Å². The van der Waals surface area contributed by atoms with Crippen molar-refractivity contribution in [3.8, 4) is 0 Å². The molecule has 0 fully saturated rings. The molecule has 1 aromatic heterocycles. The van der Waals surface area contributed by atoms with Crippen LogP contribution in [0.3, 0.4) is 0 Å². The van der Waals surface area contributed by atoms with E-state index < -0.39 is 21.7 Å². The molecule has 0 spiro atoms. The Bertz CT molecular complexity index is 1170. The number of halogens is 3. The molecule has 0 unspecified atom stereocenters. The highest BCUT2D eigenvalue weighted by Crippen LogP contribution is 2.24. The number of nitrogens with one attached hydrogen (secondary N) is 2. The zero-order chi connectivity index (χ0) is 22.4. The molecular formula is C18H15Cl2FN4O3S3. The van der Waals surface area contributed by atoms with E-state index in [4.69, 9.17) is 23.2 Å². The van der Waals surface area contributed by atoms with E-state index in [0.717, 1.165) is 0 Å². The Balaban J connectivity index is 1.51. The minimum Gasteiger partial charge on any atom is -0.296 e. The number of amides is 1. The molecule has 1 heterocycles. The number of aromatic nitrogens is 2. The molecule has 13 heteroatoms. The van der Waals surface area contributed by atoms with Gasteiger partial charge in [0.1, 0.15) is 5.82 Å². The number of benzene rings is 2. The summed E-state index contributed by atoms with van der Waals surface area (Å²) in [5, 5.41) is 10.4. The fourth-order valence-corrected chi connectivity index (χ4v) is 5.85. The first-order valence-corrected chi connectivity index (χ1v) is 12.9. The van der Waals surface area contributed by atoms with Gasteiger partial charge in [-0.25, -0.2) is 17.5 Å². The fraction of sp³-hybridized carbons (Fsp3) is 0.167. The summed E-state index contributed by atoms with van der Waals surface area (Å²) in [6.07, 6.45) is 0. The lowest BCUT2D eigenvalue weighted by Crippen LogP contribution is -2.26. The third-order valence-corrected chi connectivity index (χ3v) is 8.16. The summed E-state index contributed by atoms with van der Waals surface area (Å²) in [6.45, 7) is 0.0972. The molecule has 0 aliphatic rings. The van der Waals surface area contributed by atoms with Gasteiger partial charge in [-0.1, -0.05) is 52.7 Å². The normalized spacial score (nSPS) is 11.5. The molecule has 0 radical (unpaired) electrons. The Labute approximate surface area is 196 Å². The third kappa shape index (κ3) is 6.37. The van der Waals surface area contributed by atoms with Gasteiger partial charge in [0.2, 0.25) is 9.47 Å². The zero-order valence-corrected chi connectivity index (χ0v) is 19.6. The first-order valence-electron chi connectivity index (χ1n) is 8.67. The van der Waals surface area contributed by atoms with Crippen molar-refractivity contribution >= 4 is 67.4 Å².